The van der Waals surface area contributed by atoms with Crippen LogP contribution in [0.15, 0.2) is 47.5 Å². The van der Waals surface area contributed by atoms with E-state index >= 15 is 0 Å². The molecule has 0 aliphatic heterocycles. The van der Waals surface area contributed by atoms with Gasteiger partial charge < -0.3 is 0 Å². The summed E-state index contributed by atoms with van der Waals surface area (Å²) in [6.45, 7) is 0.249. The van der Waals surface area contributed by atoms with Gasteiger partial charge in [0.25, 0.3) is 0 Å². The number of rotatable bonds is 4. The monoisotopic (exact) mass is 330 g/mol. The van der Waals surface area contributed by atoms with Gasteiger partial charge in [-0.2, -0.15) is 4.31 Å². The topological polar surface area (TPSA) is 50.3 Å². The number of halogens is 2. The fraction of sp³-hybridized carbons (Fsp3) is 0.154. The van der Waals surface area contributed by atoms with Crippen LogP contribution >= 0.6 is 23.2 Å². The maximum absolute atomic E-state index is 12.4. The van der Waals surface area contributed by atoms with Crippen molar-refractivity contribution >= 4 is 33.2 Å². The van der Waals surface area contributed by atoms with Gasteiger partial charge in [-0.05, 0) is 29.8 Å². The molecule has 0 amide bonds. The predicted octanol–water partition coefficient (Wildman–Crippen LogP) is 3.21. The van der Waals surface area contributed by atoms with E-state index in [4.69, 9.17) is 23.2 Å². The van der Waals surface area contributed by atoms with Gasteiger partial charge in [-0.3, -0.25) is 0 Å². The molecule has 106 valence electrons. The Morgan fingerprint density at radius 2 is 1.80 bits per heavy atom. The van der Waals surface area contributed by atoms with E-state index < -0.39 is 10.0 Å². The Kier molecular flexibility index (Phi) is 4.65. The summed E-state index contributed by atoms with van der Waals surface area (Å²) in [4.78, 5) is 3.89. The van der Waals surface area contributed by atoms with E-state index in [1.165, 1.54) is 29.7 Å². The van der Waals surface area contributed by atoms with Gasteiger partial charge in [0.1, 0.15) is 5.15 Å². The number of aromatic nitrogens is 1. The molecule has 0 aliphatic carbocycles. The van der Waals surface area contributed by atoms with Crippen molar-refractivity contribution in [1.29, 1.82) is 0 Å². The molecule has 0 unspecified atom stereocenters. The zero-order valence-corrected chi connectivity index (χ0v) is 13.0. The lowest BCUT2D eigenvalue weighted by Gasteiger charge is -2.17. The average Bonchev–Trinajstić information content (AvgIpc) is 2.41. The van der Waals surface area contributed by atoms with E-state index in [9.17, 15) is 8.42 Å². The third-order valence-electron chi connectivity index (χ3n) is 2.72. The van der Waals surface area contributed by atoms with Crippen molar-refractivity contribution in [3.8, 4) is 0 Å². The van der Waals surface area contributed by atoms with E-state index in [1.807, 2.05) is 0 Å². The van der Waals surface area contributed by atoms with E-state index in [-0.39, 0.29) is 16.6 Å². The van der Waals surface area contributed by atoms with Crippen molar-refractivity contribution in [3.63, 3.8) is 0 Å². The quantitative estimate of drug-likeness (QED) is 0.809. The smallest absolute Gasteiger partial charge is 0.243 e. The Balaban J connectivity index is 2.23. The van der Waals surface area contributed by atoms with Gasteiger partial charge in [-0.1, -0.05) is 35.3 Å². The van der Waals surface area contributed by atoms with Crippen LogP contribution in [-0.4, -0.2) is 24.8 Å². The van der Waals surface area contributed by atoms with Gasteiger partial charge in [0.05, 0.1) is 4.90 Å². The molecule has 0 atom stereocenters. The maximum Gasteiger partial charge on any atom is 0.243 e. The lowest BCUT2D eigenvalue weighted by atomic mass is 10.2. The summed E-state index contributed by atoms with van der Waals surface area (Å²) in [6.07, 6.45) is 1.37. The molecule has 1 aromatic carbocycles. The first-order valence-electron chi connectivity index (χ1n) is 5.72. The molecule has 0 bridgehead atoms. The molecule has 20 heavy (non-hydrogen) atoms. The molecule has 1 aromatic heterocycles. The summed E-state index contributed by atoms with van der Waals surface area (Å²) >= 11 is 11.5. The van der Waals surface area contributed by atoms with Gasteiger partial charge in [0.15, 0.2) is 0 Å². The molecule has 7 heteroatoms. The summed E-state index contributed by atoms with van der Waals surface area (Å²) < 4.78 is 26.0. The zero-order chi connectivity index (χ0) is 14.8. The zero-order valence-electron chi connectivity index (χ0n) is 10.6. The summed E-state index contributed by atoms with van der Waals surface area (Å²) in [5, 5.41) is 0.756. The Hall–Kier alpha value is -1.14. The van der Waals surface area contributed by atoms with Gasteiger partial charge in [-0.25, -0.2) is 13.4 Å². The SMILES string of the molecule is CN(Cc1ccc(Cl)cc1)S(=O)(=O)c1ccnc(Cl)c1. The molecule has 2 rings (SSSR count). The van der Waals surface area contributed by atoms with E-state index in [0.717, 1.165) is 5.56 Å². The van der Waals surface area contributed by atoms with E-state index in [2.05, 4.69) is 4.98 Å². The van der Waals surface area contributed by atoms with Gasteiger partial charge >= 0.3 is 0 Å². The molecule has 0 spiro atoms. The fourth-order valence-electron chi connectivity index (χ4n) is 1.66. The van der Waals surface area contributed by atoms with Crippen LogP contribution in [0.1, 0.15) is 5.56 Å². The molecule has 0 N–H and O–H groups in total. The van der Waals surface area contributed by atoms with Crippen LogP contribution in [0.2, 0.25) is 10.2 Å². The highest BCUT2D eigenvalue weighted by Gasteiger charge is 2.21. The molecule has 2 aromatic rings. The van der Waals surface area contributed by atoms with Crippen molar-refractivity contribution in [2.24, 2.45) is 0 Å². The average molecular weight is 331 g/mol. The molecule has 4 nitrogen and oxygen atoms in total. The fourth-order valence-corrected chi connectivity index (χ4v) is 3.19. The number of hydrogen-bond donors (Lipinski definition) is 0. The Labute approximate surface area is 128 Å². The lowest BCUT2D eigenvalue weighted by Crippen LogP contribution is -2.26. The summed E-state index contributed by atoms with van der Waals surface area (Å²) in [5.41, 5.74) is 0.848. The highest BCUT2D eigenvalue weighted by Crippen LogP contribution is 2.19. The second-order valence-electron chi connectivity index (χ2n) is 4.20. The number of pyridine rings is 1. The van der Waals surface area contributed by atoms with Gasteiger partial charge in [0.2, 0.25) is 10.0 Å². The minimum absolute atomic E-state index is 0.119. The standard InChI is InChI=1S/C13H12Cl2N2O2S/c1-17(9-10-2-4-11(14)5-3-10)20(18,19)12-6-7-16-13(15)8-12/h2-8H,9H2,1H3. The molecule has 0 saturated carbocycles. The molecule has 0 aliphatic rings. The van der Waals surface area contributed by atoms with Gasteiger partial charge in [-0.15, -0.1) is 0 Å². The van der Waals surface area contributed by atoms with Crippen molar-refractivity contribution in [3.05, 3.63) is 58.3 Å². The Morgan fingerprint density at radius 1 is 1.15 bits per heavy atom. The molecule has 0 fully saturated rings. The highest BCUT2D eigenvalue weighted by molar-refractivity contribution is 7.89. The van der Waals surface area contributed by atoms with Crippen molar-refractivity contribution < 1.29 is 8.42 Å². The third-order valence-corrected chi connectivity index (χ3v) is 4.98. The normalized spacial score (nSPS) is 11.8. The second-order valence-corrected chi connectivity index (χ2v) is 7.07. The second kappa shape index (κ2) is 6.10. The first-order valence-corrected chi connectivity index (χ1v) is 7.91. The van der Waals surface area contributed by atoms with Crippen molar-refractivity contribution in [1.82, 2.24) is 9.29 Å². The summed E-state index contributed by atoms with van der Waals surface area (Å²) in [5.74, 6) is 0. The molecular weight excluding hydrogens is 319 g/mol. The van der Waals surface area contributed by atoms with Crippen molar-refractivity contribution in [2.45, 2.75) is 11.4 Å². The maximum atomic E-state index is 12.4. The number of sulfonamides is 1. The molecule has 0 radical (unpaired) electrons. The van der Waals surface area contributed by atoms with E-state index in [0.29, 0.717) is 5.02 Å². The van der Waals surface area contributed by atoms with Crippen LogP contribution in [0, 0.1) is 0 Å². The minimum Gasteiger partial charge on any atom is -0.244 e. The van der Waals surface area contributed by atoms with Crippen LogP contribution in [0.25, 0.3) is 0 Å². The molecule has 1 heterocycles. The first-order chi connectivity index (χ1) is 9.39. The summed E-state index contributed by atoms with van der Waals surface area (Å²) in [6, 6.07) is 9.76. The van der Waals surface area contributed by atoms with E-state index in [1.54, 1.807) is 24.3 Å². The third kappa shape index (κ3) is 3.49. The Bertz CT molecular complexity index is 703. The van der Waals surface area contributed by atoms with Crippen LogP contribution in [0.4, 0.5) is 0 Å². The number of hydrogen-bond acceptors (Lipinski definition) is 3. The summed E-state index contributed by atoms with van der Waals surface area (Å²) in [7, 11) is -2.08. The predicted molar refractivity (Wildman–Crippen MR) is 79.4 cm³/mol. The van der Waals surface area contributed by atoms with Crippen LogP contribution < -0.4 is 0 Å². The number of benzene rings is 1. The van der Waals surface area contributed by atoms with Crippen LogP contribution in [0.3, 0.4) is 0 Å². The minimum atomic E-state index is -3.59. The molecular formula is C13H12Cl2N2O2S. The highest BCUT2D eigenvalue weighted by atomic mass is 35.5. The first kappa shape index (κ1) is 15.3. The Morgan fingerprint density at radius 3 is 2.40 bits per heavy atom. The number of nitrogens with zero attached hydrogens (tertiary/aromatic N) is 2. The lowest BCUT2D eigenvalue weighted by molar-refractivity contribution is 0.466. The van der Waals surface area contributed by atoms with Crippen LogP contribution in [0.5, 0.6) is 0 Å². The largest absolute Gasteiger partial charge is 0.244 e. The van der Waals surface area contributed by atoms with Crippen LogP contribution in [-0.2, 0) is 16.6 Å². The molecule has 0 saturated heterocycles. The van der Waals surface area contributed by atoms with Gasteiger partial charge in [0, 0.05) is 24.8 Å². The van der Waals surface area contributed by atoms with Crippen molar-refractivity contribution in [2.75, 3.05) is 7.05 Å².